The number of carbonyl (C=O) groups excluding carboxylic acids is 1. The number of hydrogen-bond acceptors (Lipinski definition) is 5. The van der Waals surface area contributed by atoms with E-state index in [1.165, 1.54) is 18.5 Å². The van der Waals surface area contributed by atoms with Crippen LogP contribution in [0.15, 0.2) is 42.7 Å². The number of fused-ring (bicyclic) bond motifs is 1. The van der Waals surface area contributed by atoms with Crippen LogP contribution >= 0.6 is 11.6 Å². The Kier molecular flexibility index (Phi) is 5.72. The zero-order valence-electron chi connectivity index (χ0n) is 16.4. The highest BCUT2D eigenvalue weighted by Crippen LogP contribution is 2.39. The van der Waals surface area contributed by atoms with Crippen molar-refractivity contribution < 1.29 is 18.0 Å². The van der Waals surface area contributed by atoms with Gasteiger partial charge < -0.3 is 15.5 Å². The van der Waals surface area contributed by atoms with Crippen LogP contribution in [0.1, 0.15) is 22.3 Å². The van der Waals surface area contributed by atoms with Crippen molar-refractivity contribution in [2.24, 2.45) is 5.73 Å². The summed E-state index contributed by atoms with van der Waals surface area (Å²) in [5.74, 6) is -0.252. The first-order chi connectivity index (χ1) is 14.8. The SMILES string of the molecule is NC(=O)c1cccc2c(N(CCN3CCC3)c3ccc(Cl)c(C(F)(F)F)c3)ncnc12. The summed E-state index contributed by atoms with van der Waals surface area (Å²) in [6.07, 6.45) is -2.22. The number of aromatic nitrogens is 2. The molecule has 162 valence electrons. The smallest absolute Gasteiger partial charge is 0.366 e. The second-order valence-electron chi connectivity index (χ2n) is 7.27. The molecule has 0 bridgehead atoms. The van der Waals surface area contributed by atoms with Crippen LogP contribution in [-0.4, -0.2) is 47.0 Å². The Labute approximate surface area is 181 Å². The minimum absolute atomic E-state index is 0.218. The van der Waals surface area contributed by atoms with Crippen molar-refractivity contribution in [3.63, 3.8) is 0 Å². The first-order valence-electron chi connectivity index (χ1n) is 9.66. The van der Waals surface area contributed by atoms with Gasteiger partial charge in [-0.1, -0.05) is 17.7 Å². The van der Waals surface area contributed by atoms with Crippen LogP contribution in [0.25, 0.3) is 10.9 Å². The van der Waals surface area contributed by atoms with E-state index in [-0.39, 0.29) is 10.6 Å². The average Bonchev–Trinajstić information content (AvgIpc) is 2.69. The molecule has 6 nitrogen and oxygen atoms in total. The topological polar surface area (TPSA) is 75.4 Å². The van der Waals surface area contributed by atoms with Gasteiger partial charge in [0.05, 0.1) is 21.7 Å². The fourth-order valence-corrected chi connectivity index (χ4v) is 3.81. The second-order valence-corrected chi connectivity index (χ2v) is 7.68. The molecule has 1 amide bonds. The Bertz CT molecular complexity index is 1130. The predicted octanol–water partition coefficient (Wildman–Crippen LogP) is 4.24. The van der Waals surface area contributed by atoms with Crippen molar-refractivity contribution in [3.05, 3.63) is 58.9 Å². The van der Waals surface area contributed by atoms with Crippen LogP contribution in [-0.2, 0) is 6.18 Å². The van der Waals surface area contributed by atoms with Crippen LogP contribution in [0.3, 0.4) is 0 Å². The summed E-state index contributed by atoms with van der Waals surface area (Å²) in [6, 6.07) is 8.69. The predicted molar refractivity (Wildman–Crippen MR) is 113 cm³/mol. The number of primary amides is 1. The van der Waals surface area contributed by atoms with Gasteiger partial charge in [-0.2, -0.15) is 13.2 Å². The van der Waals surface area contributed by atoms with Gasteiger partial charge in [0.25, 0.3) is 5.91 Å². The molecule has 1 fully saturated rings. The standard InChI is InChI=1S/C21H19ClF3N5O/c22-17-6-5-13(11-16(17)21(23,24)25)30(10-9-29-7-2-8-29)20-15-4-1-3-14(19(26)31)18(15)27-12-28-20/h1,3-6,11-12H,2,7-10H2,(H2,26,31). The van der Waals surface area contributed by atoms with Gasteiger partial charge in [0.1, 0.15) is 12.1 Å². The highest BCUT2D eigenvalue weighted by Gasteiger charge is 2.34. The molecule has 2 heterocycles. The molecule has 2 aromatic carbocycles. The van der Waals surface area contributed by atoms with Crippen molar-refractivity contribution in [3.8, 4) is 0 Å². The van der Waals surface area contributed by atoms with E-state index in [4.69, 9.17) is 17.3 Å². The first-order valence-corrected chi connectivity index (χ1v) is 10.0. The summed E-state index contributed by atoms with van der Waals surface area (Å²) in [7, 11) is 0. The molecule has 0 aliphatic carbocycles. The van der Waals surface area contributed by atoms with Gasteiger partial charge >= 0.3 is 6.18 Å². The Morgan fingerprint density at radius 1 is 1.19 bits per heavy atom. The molecule has 2 N–H and O–H groups in total. The number of benzene rings is 2. The molecule has 1 aromatic heterocycles. The van der Waals surface area contributed by atoms with E-state index in [9.17, 15) is 18.0 Å². The van der Waals surface area contributed by atoms with Gasteiger partial charge in [0.2, 0.25) is 0 Å². The summed E-state index contributed by atoms with van der Waals surface area (Å²) < 4.78 is 40.4. The molecule has 10 heteroatoms. The van der Waals surface area contributed by atoms with Gasteiger partial charge in [-0.15, -0.1) is 0 Å². The molecular formula is C21H19ClF3N5O. The zero-order valence-corrected chi connectivity index (χ0v) is 17.1. The minimum atomic E-state index is -4.59. The van der Waals surface area contributed by atoms with Gasteiger partial charge in [-0.25, -0.2) is 9.97 Å². The number of nitrogens with two attached hydrogens (primary N) is 1. The number of hydrogen-bond donors (Lipinski definition) is 1. The van der Waals surface area contributed by atoms with Gasteiger partial charge in [0.15, 0.2) is 0 Å². The highest BCUT2D eigenvalue weighted by molar-refractivity contribution is 6.31. The summed E-state index contributed by atoms with van der Waals surface area (Å²) in [5.41, 5.74) is 5.40. The minimum Gasteiger partial charge on any atom is -0.366 e. The Hall–Kier alpha value is -2.91. The number of amides is 1. The molecule has 0 radical (unpaired) electrons. The summed E-state index contributed by atoms with van der Waals surface area (Å²) in [6.45, 7) is 2.92. The number of anilines is 2. The Morgan fingerprint density at radius 2 is 1.97 bits per heavy atom. The second kappa shape index (κ2) is 8.32. The lowest BCUT2D eigenvalue weighted by molar-refractivity contribution is -0.137. The first kappa shape index (κ1) is 21.3. The van der Waals surface area contributed by atoms with Gasteiger partial charge in [-0.05, 0) is 49.8 Å². The van der Waals surface area contributed by atoms with Crippen LogP contribution in [0.2, 0.25) is 5.02 Å². The van der Waals surface area contributed by atoms with E-state index in [1.54, 1.807) is 23.1 Å². The van der Waals surface area contributed by atoms with E-state index >= 15 is 0 Å². The lowest BCUT2D eigenvalue weighted by Crippen LogP contribution is -2.42. The largest absolute Gasteiger partial charge is 0.417 e. The summed E-state index contributed by atoms with van der Waals surface area (Å²) >= 11 is 5.82. The van der Waals surface area contributed by atoms with Crippen molar-refractivity contribution in [1.82, 2.24) is 14.9 Å². The van der Waals surface area contributed by atoms with Crippen LogP contribution in [0.5, 0.6) is 0 Å². The maximum atomic E-state index is 13.5. The lowest BCUT2D eigenvalue weighted by atomic mass is 10.1. The number of alkyl halides is 3. The number of likely N-dealkylation sites (tertiary alicyclic amines) is 1. The van der Waals surface area contributed by atoms with E-state index in [0.717, 1.165) is 25.6 Å². The molecule has 0 spiro atoms. The molecule has 3 aromatic rings. The summed E-state index contributed by atoms with van der Waals surface area (Å²) in [5, 5.41) is 0.147. The van der Waals surface area contributed by atoms with Crippen molar-refractivity contribution in [2.45, 2.75) is 12.6 Å². The Morgan fingerprint density at radius 3 is 2.61 bits per heavy atom. The van der Waals surface area contributed by atoms with E-state index < -0.39 is 17.6 Å². The molecule has 4 rings (SSSR count). The summed E-state index contributed by atoms with van der Waals surface area (Å²) in [4.78, 5) is 24.2. The Balaban J connectivity index is 1.85. The van der Waals surface area contributed by atoms with Gasteiger partial charge in [-0.3, -0.25) is 4.79 Å². The molecule has 1 saturated heterocycles. The number of rotatable bonds is 6. The third-order valence-corrected chi connectivity index (χ3v) is 5.65. The third kappa shape index (κ3) is 4.28. The normalized spacial score (nSPS) is 14.5. The third-order valence-electron chi connectivity index (χ3n) is 5.32. The molecule has 1 aliphatic heterocycles. The maximum absolute atomic E-state index is 13.5. The van der Waals surface area contributed by atoms with Crippen LogP contribution in [0.4, 0.5) is 24.7 Å². The fourth-order valence-electron chi connectivity index (χ4n) is 3.59. The number of nitrogens with zero attached hydrogens (tertiary/aromatic N) is 4. The van der Waals surface area contributed by atoms with E-state index in [1.807, 2.05) is 0 Å². The van der Waals surface area contributed by atoms with Crippen LogP contribution in [0, 0.1) is 0 Å². The fraction of sp³-hybridized carbons (Fsp3) is 0.286. The maximum Gasteiger partial charge on any atom is 0.417 e. The molecule has 1 aliphatic rings. The quantitative estimate of drug-likeness (QED) is 0.609. The van der Waals surface area contributed by atoms with Gasteiger partial charge in [0, 0.05) is 24.2 Å². The number of para-hydroxylation sites is 1. The number of carbonyl (C=O) groups is 1. The monoisotopic (exact) mass is 449 g/mol. The average molecular weight is 450 g/mol. The highest BCUT2D eigenvalue weighted by atomic mass is 35.5. The molecule has 0 unspecified atom stereocenters. The van der Waals surface area contributed by atoms with E-state index in [2.05, 4.69) is 14.9 Å². The molecule has 0 saturated carbocycles. The lowest BCUT2D eigenvalue weighted by Gasteiger charge is -2.34. The zero-order chi connectivity index (χ0) is 22.2. The molecule has 0 atom stereocenters. The number of halogens is 4. The molecular weight excluding hydrogens is 431 g/mol. The van der Waals surface area contributed by atoms with Crippen molar-refractivity contribution in [1.29, 1.82) is 0 Å². The molecule has 31 heavy (non-hydrogen) atoms. The van der Waals surface area contributed by atoms with Crippen LogP contribution < -0.4 is 10.6 Å². The van der Waals surface area contributed by atoms with Crippen molar-refractivity contribution >= 4 is 39.9 Å². The van der Waals surface area contributed by atoms with E-state index in [0.29, 0.717) is 35.5 Å². The van der Waals surface area contributed by atoms with Crippen molar-refractivity contribution in [2.75, 3.05) is 31.1 Å².